The number of methoxy groups -OCH3 is 1. The highest BCUT2D eigenvalue weighted by Crippen LogP contribution is 2.20. The number of nitrogens with zero attached hydrogens (tertiary/aromatic N) is 1. The normalized spacial score (nSPS) is 18.8. The lowest BCUT2D eigenvalue weighted by Crippen LogP contribution is -2.46. The Balaban J connectivity index is 1.80. The Kier molecular flexibility index (Phi) is 6.21. The third-order valence-electron chi connectivity index (χ3n) is 4.40. The predicted octanol–water partition coefficient (Wildman–Crippen LogP) is 2.18. The number of aliphatic hydroxyl groups is 1. The standard InChI is InChI=1S/C17H26N2O3/c1-13(20)14-8-10-19(11-9-14)17(21)18-12-16(22-2)15-6-4-3-5-7-15/h3-7,13-14,16,20H,8-12H2,1-2H3,(H,18,21). The Morgan fingerprint density at radius 1 is 1.36 bits per heavy atom. The lowest BCUT2D eigenvalue weighted by atomic mass is 9.92. The summed E-state index contributed by atoms with van der Waals surface area (Å²) in [6, 6.07) is 9.82. The zero-order chi connectivity index (χ0) is 15.9. The van der Waals surface area contributed by atoms with E-state index in [9.17, 15) is 9.90 Å². The van der Waals surface area contributed by atoms with E-state index in [1.54, 1.807) is 7.11 Å². The van der Waals surface area contributed by atoms with Crippen molar-refractivity contribution >= 4 is 6.03 Å². The molecule has 2 N–H and O–H groups in total. The molecule has 1 aromatic rings. The van der Waals surface area contributed by atoms with Crippen LogP contribution in [0, 0.1) is 5.92 Å². The van der Waals surface area contributed by atoms with Crippen molar-refractivity contribution in [2.75, 3.05) is 26.7 Å². The Morgan fingerprint density at radius 2 is 2.00 bits per heavy atom. The van der Waals surface area contributed by atoms with Gasteiger partial charge in [-0.2, -0.15) is 0 Å². The molecule has 0 spiro atoms. The molecule has 0 aliphatic carbocycles. The molecule has 1 aliphatic rings. The minimum Gasteiger partial charge on any atom is -0.393 e. The van der Waals surface area contributed by atoms with Crippen LogP contribution >= 0.6 is 0 Å². The zero-order valence-electron chi connectivity index (χ0n) is 13.4. The van der Waals surface area contributed by atoms with E-state index in [4.69, 9.17) is 4.74 Å². The molecule has 2 atom stereocenters. The van der Waals surface area contributed by atoms with E-state index in [1.807, 2.05) is 42.2 Å². The minimum absolute atomic E-state index is 0.0537. The molecular weight excluding hydrogens is 280 g/mol. The highest BCUT2D eigenvalue weighted by atomic mass is 16.5. The summed E-state index contributed by atoms with van der Waals surface area (Å²) < 4.78 is 5.46. The van der Waals surface area contributed by atoms with Crippen molar-refractivity contribution in [2.45, 2.75) is 32.0 Å². The van der Waals surface area contributed by atoms with Crippen LogP contribution in [0.15, 0.2) is 30.3 Å². The number of hydrogen-bond acceptors (Lipinski definition) is 3. The Morgan fingerprint density at radius 3 is 2.55 bits per heavy atom. The van der Waals surface area contributed by atoms with Crippen LogP contribution in [-0.4, -0.2) is 48.9 Å². The van der Waals surface area contributed by atoms with Crippen LogP contribution in [0.3, 0.4) is 0 Å². The summed E-state index contributed by atoms with van der Waals surface area (Å²) in [5.74, 6) is 0.306. The van der Waals surface area contributed by atoms with Gasteiger partial charge in [0.05, 0.1) is 12.2 Å². The summed E-state index contributed by atoms with van der Waals surface area (Å²) in [4.78, 5) is 14.0. The first-order valence-corrected chi connectivity index (χ1v) is 7.90. The molecule has 1 aromatic carbocycles. The Hall–Kier alpha value is -1.59. The van der Waals surface area contributed by atoms with Crippen molar-refractivity contribution in [3.63, 3.8) is 0 Å². The molecule has 1 saturated heterocycles. The average Bonchev–Trinajstić information content (AvgIpc) is 2.56. The molecule has 5 nitrogen and oxygen atoms in total. The van der Waals surface area contributed by atoms with E-state index >= 15 is 0 Å². The molecular formula is C17H26N2O3. The summed E-state index contributed by atoms with van der Waals surface area (Å²) in [5.41, 5.74) is 1.05. The minimum atomic E-state index is -0.291. The fraction of sp³-hybridized carbons (Fsp3) is 0.588. The van der Waals surface area contributed by atoms with Crippen molar-refractivity contribution in [2.24, 2.45) is 5.92 Å². The van der Waals surface area contributed by atoms with Crippen LogP contribution in [0.5, 0.6) is 0 Å². The monoisotopic (exact) mass is 306 g/mol. The van der Waals surface area contributed by atoms with Gasteiger partial charge in [0.15, 0.2) is 0 Å². The summed E-state index contributed by atoms with van der Waals surface area (Å²) >= 11 is 0. The van der Waals surface area contributed by atoms with Crippen LogP contribution in [0.25, 0.3) is 0 Å². The molecule has 0 radical (unpaired) electrons. The molecule has 1 fully saturated rings. The van der Waals surface area contributed by atoms with Crippen LogP contribution in [0.4, 0.5) is 4.79 Å². The molecule has 0 bridgehead atoms. The van der Waals surface area contributed by atoms with Gasteiger partial charge in [-0.15, -0.1) is 0 Å². The Bertz CT molecular complexity index is 456. The largest absolute Gasteiger partial charge is 0.393 e. The highest BCUT2D eigenvalue weighted by molar-refractivity contribution is 5.74. The second kappa shape index (κ2) is 8.15. The van der Waals surface area contributed by atoms with Crippen LogP contribution in [0.2, 0.25) is 0 Å². The molecule has 2 unspecified atom stereocenters. The number of rotatable bonds is 5. The van der Waals surface area contributed by atoms with E-state index in [0.717, 1.165) is 18.4 Å². The summed E-state index contributed by atoms with van der Waals surface area (Å²) in [6.07, 6.45) is 1.29. The molecule has 0 aromatic heterocycles. The van der Waals surface area contributed by atoms with Gasteiger partial charge >= 0.3 is 6.03 Å². The third-order valence-corrected chi connectivity index (χ3v) is 4.40. The van der Waals surface area contributed by atoms with Gasteiger partial charge in [-0.1, -0.05) is 30.3 Å². The van der Waals surface area contributed by atoms with Crippen molar-refractivity contribution in [3.8, 4) is 0 Å². The zero-order valence-corrected chi connectivity index (χ0v) is 13.4. The van der Waals surface area contributed by atoms with Crippen molar-refractivity contribution < 1.29 is 14.6 Å². The van der Waals surface area contributed by atoms with Gasteiger partial charge in [-0.25, -0.2) is 4.79 Å². The maximum atomic E-state index is 12.2. The van der Waals surface area contributed by atoms with Crippen molar-refractivity contribution in [1.29, 1.82) is 0 Å². The maximum absolute atomic E-state index is 12.2. The van der Waals surface area contributed by atoms with Crippen molar-refractivity contribution in [3.05, 3.63) is 35.9 Å². The van der Waals surface area contributed by atoms with E-state index in [2.05, 4.69) is 5.32 Å². The first-order chi connectivity index (χ1) is 10.6. The molecule has 1 heterocycles. The van der Waals surface area contributed by atoms with E-state index in [1.165, 1.54) is 0 Å². The topological polar surface area (TPSA) is 61.8 Å². The van der Waals surface area contributed by atoms with Gasteiger partial charge in [0.2, 0.25) is 0 Å². The number of likely N-dealkylation sites (tertiary alicyclic amines) is 1. The second-order valence-electron chi connectivity index (χ2n) is 5.89. The summed E-state index contributed by atoms with van der Waals surface area (Å²) in [5, 5.41) is 12.5. The van der Waals surface area contributed by atoms with Gasteiger partial charge in [0.1, 0.15) is 0 Å². The lowest BCUT2D eigenvalue weighted by molar-refractivity contribution is 0.0764. The smallest absolute Gasteiger partial charge is 0.317 e. The molecule has 1 aliphatic heterocycles. The average molecular weight is 306 g/mol. The van der Waals surface area contributed by atoms with Gasteiger partial charge < -0.3 is 20.1 Å². The van der Waals surface area contributed by atoms with Crippen molar-refractivity contribution in [1.82, 2.24) is 10.2 Å². The maximum Gasteiger partial charge on any atom is 0.317 e. The summed E-state index contributed by atoms with van der Waals surface area (Å²) in [7, 11) is 1.65. The fourth-order valence-corrected chi connectivity index (χ4v) is 2.88. The molecule has 2 rings (SSSR count). The first-order valence-electron chi connectivity index (χ1n) is 7.90. The lowest BCUT2D eigenvalue weighted by Gasteiger charge is -2.33. The number of carbonyl (C=O) groups is 1. The van der Waals surface area contributed by atoms with E-state index in [-0.39, 0.29) is 18.2 Å². The van der Waals surface area contributed by atoms with E-state index in [0.29, 0.717) is 25.6 Å². The highest BCUT2D eigenvalue weighted by Gasteiger charge is 2.25. The van der Waals surface area contributed by atoms with Gasteiger partial charge in [-0.3, -0.25) is 0 Å². The number of hydrogen-bond donors (Lipinski definition) is 2. The SMILES string of the molecule is COC(CNC(=O)N1CCC(C(C)O)CC1)c1ccccc1. The van der Waals surface area contributed by atoms with E-state index < -0.39 is 0 Å². The second-order valence-corrected chi connectivity index (χ2v) is 5.89. The van der Waals surface area contributed by atoms with Crippen LogP contribution < -0.4 is 5.32 Å². The number of amides is 2. The number of ether oxygens (including phenoxy) is 1. The van der Waals surface area contributed by atoms with Crippen LogP contribution in [-0.2, 0) is 4.74 Å². The van der Waals surface area contributed by atoms with Gasteiger partial charge in [-0.05, 0) is 31.2 Å². The number of piperidine rings is 1. The number of urea groups is 1. The Labute approximate surface area is 132 Å². The first kappa shape index (κ1) is 16.8. The number of benzene rings is 1. The molecule has 22 heavy (non-hydrogen) atoms. The summed E-state index contributed by atoms with van der Waals surface area (Å²) in [6.45, 7) is 3.67. The third kappa shape index (κ3) is 4.45. The molecule has 2 amide bonds. The molecule has 122 valence electrons. The number of carbonyl (C=O) groups excluding carboxylic acids is 1. The number of nitrogens with one attached hydrogen (secondary N) is 1. The molecule has 5 heteroatoms. The van der Waals surface area contributed by atoms with Gasteiger partial charge in [0.25, 0.3) is 0 Å². The van der Waals surface area contributed by atoms with Crippen LogP contribution in [0.1, 0.15) is 31.4 Å². The fourth-order valence-electron chi connectivity index (χ4n) is 2.88. The number of aliphatic hydroxyl groups excluding tert-OH is 1. The van der Waals surface area contributed by atoms with Gasteiger partial charge in [0, 0.05) is 26.7 Å². The predicted molar refractivity (Wildman–Crippen MR) is 85.6 cm³/mol. The quantitative estimate of drug-likeness (QED) is 0.876. The molecule has 0 saturated carbocycles.